The van der Waals surface area contributed by atoms with Crippen LogP contribution in [0.1, 0.15) is 0 Å². The molecule has 0 aliphatic rings. The highest BCUT2D eigenvalue weighted by atomic mass is 79.9. The molecule has 0 N–H and O–H groups in total. The van der Waals surface area contributed by atoms with Crippen LogP contribution in [0, 0.1) is 0 Å². The zero-order valence-electron chi connectivity index (χ0n) is 8.46. The third-order valence-corrected chi connectivity index (χ3v) is 2.17. The summed E-state index contributed by atoms with van der Waals surface area (Å²) in [6, 6.07) is 12.3. The highest BCUT2D eigenvalue weighted by Gasteiger charge is 2.02. The van der Waals surface area contributed by atoms with E-state index < -0.39 is 0 Å². The predicted octanol–water partition coefficient (Wildman–Crippen LogP) is -2.03. The van der Waals surface area contributed by atoms with Crippen molar-refractivity contribution in [1.29, 1.82) is 0 Å². The van der Waals surface area contributed by atoms with Crippen molar-refractivity contribution in [2.45, 2.75) is 13.1 Å². The third-order valence-electron chi connectivity index (χ3n) is 2.17. The Morgan fingerprint density at radius 3 is 1.20 bits per heavy atom. The maximum atomic E-state index is 2.18. The first-order valence-corrected chi connectivity index (χ1v) is 4.83. The van der Waals surface area contributed by atoms with Crippen molar-refractivity contribution in [3.8, 4) is 0 Å². The second-order valence-corrected chi connectivity index (χ2v) is 3.23. The molecule has 0 bridgehead atoms. The van der Waals surface area contributed by atoms with E-state index in [4.69, 9.17) is 0 Å². The van der Waals surface area contributed by atoms with Gasteiger partial charge < -0.3 is 17.0 Å². The fraction of sp³-hybridized carbons (Fsp3) is 0.167. The molecule has 0 saturated carbocycles. The summed E-state index contributed by atoms with van der Waals surface area (Å²) in [6.07, 6.45) is 8.35. The number of hydrogen-bond donors (Lipinski definition) is 0. The van der Waals surface area contributed by atoms with Crippen LogP contribution in [0.4, 0.5) is 0 Å². The molecular weight excluding hydrogens is 252 g/mol. The quantitative estimate of drug-likeness (QED) is 0.566. The number of pyridine rings is 2. The van der Waals surface area contributed by atoms with E-state index in [1.54, 1.807) is 0 Å². The van der Waals surface area contributed by atoms with Gasteiger partial charge in [-0.2, -0.15) is 9.13 Å². The first-order chi connectivity index (χ1) is 6.95. The molecular formula is C12H14BrN2+. The highest BCUT2D eigenvalue weighted by molar-refractivity contribution is 4.84. The summed E-state index contributed by atoms with van der Waals surface area (Å²) in [5.74, 6) is 0. The molecule has 0 spiro atoms. The Balaban J connectivity index is 0.00000112. The molecule has 0 unspecified atom stereocenters. The lowest BCUT2D eigenvalue weighted by Gasteiger charge is -1.93. The minimum Gasteiger partial charge on any atom is -1.00 e. The molecule has 2 rings (SSSR count). The molecule has 2 aromatic heterocycles. The lowest BCUT2D eigenvalue weighted by atomic mass is 10.4. The first-order valence-electron chi connectivity index (χ1n) is 4.83. The van der Waals surface area contributed by atoms with Crippen LogP contribution in [-0.4, -0.2) is 0 Å². The maximum absolute atomic E-state index is 2.18. The average Bonchev–Trinajstić information content (AvgIpc) is 2.29. The Hall–Kier alpha value is -1.22. The fourth-order valence-electron chi connectivity index (χ4n) is 1.40. The Morgan fingerprint density at radius 2 is 0.867 bits per heavy atom. The van der Waals surface area contributed by atoms with Crippen molar-refractivity contribution in [3.05, 3.63) is 61.2 Å². The van der Waals surface area contributed by atoms with Gasteiger partial charge in [0.1, 0.15) is 0 Å². The van der Waals surface area contributed by atoms with E-state index >= 15 is 0 Å². The molecule has 0 aromatic carbocycles. The minimum absolute atomic E-state index is 0. The van der Waals surface area contributed by atoms with Gasteiger partial charge >= 0.3 is 0 Å². The molecule has 2 nitrogen and oxygen atoms in total. The zero-order valence-corrected chi connectivity index (χ0v) is 10.0. The van der Waals surface area contributed by atoms with Crippen molar-refractivity contribution in [2.75, 3.05) is 0 Å². The Kier molecular flexibility index (Phi) is 4.98. The minimum atomic E-state index is 0. The highest BCUT2D eigenvalue weighted by Crippen LogP contribution is 1.79. The Labute approximate surface area is 101 Å². The summed E-state index contributed by atoms with van der Waals surface area (Å²) < 4.78 is 4.36. The molecule has 15 heavy (non-hydrogen) atoms. The van der Waals surface area contributed by atoms with Gasteiger partial charge in [-0.3, -0.25) is 0 Å². The van der Waals surface area contributed by atoms with E-state index in [9.17, 15) is 0 Å². The number of hydrogen-bond acceptors (Lipinski definition) is 0. The molecule has 78 valence electrons. The van der Waals surface area contributed by atoms with E-state index in [2.05, 4.69) is 58.2 Å². The summed E-state index contributed by atoms with van der Waals surface area (Å²) in [5.41, 5.74) is 0. The van der Waals surface area contributed by atoms with E-state index in [0.717, 1.165) is 13.1 Å². The van der Waals surface area contributed by atoms with Gasteiger partial charge in [0, 0.05) is 24.3 Å². The standard InChI is InChI=1S/C12H14N2.BrH/c1-3-7-13(8-4-1)11-12-14-9-5-2-6-10-14;/h1-10H,11-12H2;1H/q+2;/p-1. The topological polar surface area (TPSA) is 7.76 Å². The van der Waals surface area contributed by atoms with Gasteiger partial charge in [0.25, 0.3) is 0 Å². The molecule has 2 aromatic rings. The molecule has 0 radical (unpaired) electrons. The number of nitrogens with zero attached hydrogens (tertiary/aromatic N) is 2. The Morgan fingerprint density at radius 1 is 0.533 bits per heavy atom. The third kappa shape index (κ3) is 3.80. The monoisotopic (exact) mass is 265 g/mol. The lowest BCUT2D eigenvalue weighted by Crippen LogP contribution is -3.00. The summed E-state index contributed by atoms with van der Waals surface area (Å²) in [7, 11) is 0. The summed E-state index contributed by atoms with van der Waals surface area (Å²) in [6.45, 7) is 2.02. The second-order valence-electron chi connectivity index (χ2n) is 3.23. The van der Waals surface area contributed by atoms with Gasteiger partial charge in [-0.1, -0.05) is 12.1 Å². The van der Waals surface area contributed by atoms with Crippen LogP contribution in [-0.2, 0) is 13.1 Å². The van der Waals surface area contributed by atoms with E-state index in [0.29, 0.717) is 0 Å². The summed E-state index contributed by atoms with van der Waals surface area (Å²) >= 11 is 0. The van der Waals surface area contributed by atoms with Crippen molar-refractivity contribution in [3.63, 3.8) is 0 Å². The van der Waals surface area contributed by atoms with Crippen LogP contribution in [0.15, 0.2) is 61.2 Å². The number of rotatable bonds is 3. The van der Waals surface area contributed by atoms with Crippen molar-refractivity contribution >= 4 is 0 Å². The number of aromatic nitrogens is 2. The van der Waals surface area contributed by atoms with Crippen molar-refractivity contribution < 1.29 is 26.1 Å². The van der Waals surface area contributed by atoms with Crippen LogP contribution in [0.2, 0.25) is 0 Å². The molecule has 0 aliphatic heterocycles. The molecule has 2 heterocycles. The van der Waals surface area contributed by atoms with E-state index in [1.165, 1.54) is 0 Å². The zero-order chi connectivity index (χ0) is 9.64. The molecule has 0 amide bonds. The van der Waals surface area contributed by atoms with Crippen LogP contribution in [0.25, 0.3) is 0 Å². The molecule has 0 atom stereocenters. The maximum Gasteiger partial charge on any atom is 0.206 e. The van der Waals surface area contributed by atoms with Gasteiger partial charge in [-0.25, -0.2) is 0 Å². The van der Waals surface area contributed by atoms with Gasteiger partial charge in [-0.15, -0.1) is 0 Å². The average molecular weight is 266 g/mol. The van der Waals surface area contributed by atoms with Gasteiger partial charge in [0.05, 0.1) is 0 Å². The van der Waals surface area contributed by atoms with Crippen molar-refractivity contribution in [2.24, 2.45) is 0 Å². The number of halogens is 1. The largest absolute Gasteiger partial charge is 1.00 e. The second kappa shape index (κ2) is 6.30. The van der Waals surface area contributed by atoms with Crippen molar-refractivity contribution in [1.82, 2.24) is 0 Å². The van der Waals surface area contributed by atoms with E-state index in [-0.39, 0.29) is 17.0 Å². The molecule has 0 aliphatic carbocycles. The fourth-order valence-corrected chi connectivity index (χ4v) is 1.40. The van der Waals surface area contributed by atoms with E-state index in [1.807, 2.05) is 12.1 Å². The summed E-state index contributed by atoms with van der Waals surface area (Å²) in [5, 5.41) is 0. The SMILES string of the molecule is [Br-].c1cc[n+](CC[n+]2ccccc2)cc1. The number of aryl methyl sites for hydroxylation is 2. The molecule has 0 fully saturated rings. The smallest absolute Gasteiger partial charge is 0.206 e. The predicted molar refractivity (Wildman–Crippen MR) is 53.3 cm³/mol. The first kappa shape index (κ1) is 11.9. The van der Waals surface area contributed by atoms with Crippen LogP contribution in [0.3, 0.4) is 0 Å². The van der Waals surface area contributed by atoms with Gasteiger partial charge in [0.2, 0.25) is 13.1 Å². The molecule has 0 saturated heterocycles. The van der Waals surface area contributed by atoms with Gasteiger partial charge in [0.15, 0.2) is 24.8 Å². The molecule has 3 heteroatoms. The van der Waals surface area contributed by atoms with Crippen LogP contribution in [0.5, 0.6) is 0 Å². The summed E-state index contributed by atoms with van der Waals surface area (Å²) in [4.78, 5) is 0. The van der Waals surface area contributed by atoms with Gasteiger partial charge in [-0.05, 0) is 0 Å². The normalized spacial score (nSPS) is 9.33. The lowest BCUT2D eigenvalue weighted by molar-refractivity contribution is -0.778. The van der Waals surface area contributed by atoms with Crippen LogP contribution < -0.4 is 26.1 Å². The Bertz CT molecular complexity index is 336. The van der Waals surface area contributed by atoms with Crippen LogP contribution >= 0.6 is 0 Å².